The van der Waals surface area contributed by atoms with E-state index in [1.165, 1.54) is 13.8 Å². The number of aromatic nitrogens is 4. The molecule has 2 aromatic rings. The predicted molar refractivity (Wildman–Crippen MR) is 203 cm³/mol. The highest BCUT2D eigenvalue weighted by Crippen LogP contribution is 2.56. The molecule has 0 aromatic carbocycles. The summed E-state index contributed by atoms with van der Waals surface area (Å²) in [7, 11) is -17.3. The fourth-order valence-corrected chi connectivity index (χ4v) is 8.33. The lowest BCUT2D eigenvalue weighted by molar-refractivity contribution is -0.247. The topological polar surface area (TPSA) is 482 Å². The summed E-state index contributed by atoms with van der Waals surface area (Å²) in [6.07, 6.45) is -4.13. The highest BCUT2D eigenvalue weighted by molar-refractivity contribution is 8.13. The van der Waals surface area contributed by atoms with Gasteiger partial charge >= 0.3 is 0 Å². The Labute approximate surface area is 337 Å². The van der Waals surface area contributed by atoms with Crippen LogP contribution in [0.5, 0.6) is 0 Å². The number of fused-ring (bicyclic) bond motifs is 1. The Bertz CT molecular complexity index is 1790. The Morgan fingerprint density at radius 1 is 1.03 bits per heavy atom. The Morgan fingerprint density at radius 3 is 2.33 bits per heavy atom. The molecule has 0 saturated carbocycles. The number of rotatable bonds is 23. The Hall–Kier alpha value is -2.56. The van der Waals surface area contributed by atoms with Gasteiger partial charge in [0.15, 0.2) is 22.8 Å². The number of aliphatic hydroxyl groups is 2. The van der Waals surface area contributed by atoms with Gasteiger partial charge in [0.25, 0.3) is 23.5 Å². The molecule has 1 aliphatic heterocycles. The zero-order valence-electron chi connectivity index (χ0n) is 32.8. The molecular weight excluding hydrogens is 861 g/mol. The van der Waals surface area contributed by atoms with Gasteiger partial charge < -0.3 is 82.9 Å². The van der Waals surface area contributed by atoms with E-state index in [1.807, 2.05) is 6.92 Å². The van der Waals surface area contributed by atoms with Crippen LogP contribution in [0.2, 0.25) is 0 Å². The number of phosphoric ester groups is 3. The summed E-state index contributed by atoms with van der Waals surface area (Å²) in [5, 5.41) is 26.3. The molecule has 58 heavy (non-hydrogen) atoms. The minimum Gasteiger partial charge on any atom is -0.756 e. The lowest BCUT2D eigenvalue weighted by Gasteiger charge is -2.35. The Balaban J connectivity index is 0.0000108. The van der Waals surface area contributed by atoms with Crippen molar-refractivity contribution in [3.8, 4) is 0 Å². The number of hydrogen-bond donors (Lipinski definition) is 9. The first-order valence-corrected chi connectivity index (χ1v) is 22.0. The molecule has 1 saturated heterocycles. The second kappa shape index (κ2) is 24.0. The third kappa shape index (κ3) is 17.2. The van der Waals surface area contributed by atoms with E-state index in [4.69, 9.17) is 10.5 Å². The number of quaternary nitrogens is 3. The van der Waals surface area contributed by atoms with Gasteiger partial charge in [0.2, 0.25) is 11.8 Å². The van der Waals surface area contributed by atoms with Crippen LogP contribution in [0, 0.1) is 5.41 Å². The van der Waals surface area contributed by atoms with Crippen LogP contribution in [-0.2, 0) is 50.7 Å². The molecule has 8 atom stereocenters. The molecule has 336 valence electrons. The normalized spacial score (nSPS) is 21.5. The van der Waals surface area contributed by atoms with Gasteiger partial charge in [-0.05, 0) is 6.42 Å². The van der Waals surface area contributed by atoms with E-state index in [2.05, 4.69) is 43.5 Å². The van der Waals surface area contributed by atoms with E-state index in [-0.39, 0.29) is 60.1 Å². The fourth-order valence-electron chi connectivity index (χ4n) is 4.87. The van der Waals surface area contributed by atoms with Crippen molar-refractivity contribution in [2.75, 3.05) is 37.8 Å². The van der Waals surface area contributed by atoms with Gasteiger partial charge in [-0.1, -0.05) is 45.4 Å². The molecule has 1 fully saturated rings. The van der Waals surface area contributed by atoms with Crippen LogP contribution in [0.1, 0.15) is 59.1 Å². The number of ether oxygens (including phenoxy) is 1. The van der Waals surface area contributed by atoms with Crippen LogP contribution in [0.15, 0.2) is 12.7 Å². The van der Waals surface area contributed by atoms with Crippen molar-refractivity contribution in [3.05, 3.63) is 12.7 Å². The maximum atomic E-state index is 12.5. The van der Waals surface area contributed by atoms with Gasteiger partial charge in [-0.2, -0.15) is 0 Å². The average molecular weight is 917 g/mol. The van der Waals surface area contributed by atoms with E-state index >= 15 is 0 Å². The second-order valence-electron chi connectivity index (χ2n) is 12.7. The minimum absolute atomic E-state index is 0. The van der Waals surface area contributed by atoms with Crippen molar-refractivity contribution in [3.63, 3.8) is 0 Å². The number of unbranched alkanes of at least 4 members (excludes halogenated alkanes) is 2. The number of hydrogen-bond acceptors (Lipinski definition) is 21. The standard InChI is InChI=1S/C27H46N7O17P3S.3H3N/c1-4-5-6-7-18(36)55-11-10-29-17(35)8-9-30-25(39)22(38)27(2,3)13-48-54(45,46)51-53(43,44)47-12-16-21(50-52(40,41)42)20(37)26(49-16)34-15-33-19-23(28)31-14-32-24(19)34;;;/h14-16,20-22,26,37-38H,4-13H2,1-3H3,(H,29,35)(H,30,39)(H,43,44)(H,45,46)(H2,28,31,32)(H2,40,41,42);3*1H3. The van der Waals surface area contributed by atoms with Crippen LogP contribution < -0.4 is 49.5 Å². The molecule has 27 nitrogen and oxygen atoms in total. The number of thioether (sulfide) groups is 1. The van der Waals surface area contributed by atoms with Crippen LogP contribution in [0.4, 0.5) is 5.82 Å². The highest BCUT2D eigenvalue weighted by atomic mass is 32.2. The molecule has 0 bridgehead atoms. The van der Waals surface area contributed by atoms with E-state index in [9.17, 15) is 57.9 Å². The summed E-state index contributed by atoms with van der Waals surface area (Å²) in [6.45, 7) is 2.23. The molecule has 19 N–H and O–H groups in total. The number of carbonyl (C=O) groups is 3. The first kappa shape index (κ1) is 55.4. The number of nitrogens with two attached hydrogens (primary N) is 1. The number of aliphatic hydroxyl groups excluding tert-OH is 2. The van der Waals surface area contributed by atoms with Crippen LogP contribution in [0.25, 0.3) is 11.2 Å². The molecular formula is C27H55N10O17P3S. The first-order valence-electron chi connectivity index (χ1n) is 16.5. The molecule has 1 aliphatic rings. The van der Waals surface area contributed by atoms with Crippen molar-refractivity contribution >= 4 is 69.1 Å². The molecule has 3 rings (SSSR count). The molecule has 2 aromatic heterocycles. The van der Waals surface area contributed by atoms with E-state index in [0.717, 1.165) is 48.2 Å². The van der Waals surface area contributed by atoms with Gasteiger partial charge in [-0.25, -0.2) is 19.3 Å². The summed E-state index contributed by atoms with van der Waals surface area (Å²) >= 11 is 1.11. The number of phosphoric acid groups is 3. The summed E-state index contributed by atoms with van der Waals surface area (Å²) in [5.41, 5.74) is 4.12. The van der Waals surface area contributed by atoms with Crippen molar-refractivity contribution in [2.45, 2.75) is 83.5 Å². The maximum absolute atomic E-state index is 12.5. The van der Waals surface area contributed by atoms with Gasteiger partial charge in [0, 0.05) is 37.1 Å². The van der Waals surface area contributed by atoms with Gasteiger partial charge in [0.1, 0.15) is 36.3 Å². The number of anilines is 1. The van der Waals surface area contributed by atoms with Gasteiger partial charge in [-0.3, -0.25) is 32.6 Å². The fraction of sp³-hybridized carbons (Fsp3) is 0.704. The van der Waals surface area contributed by atoms with Crippen molar-refractivity contribution < 1.29 is 80.5 Å². The Morgan fingerprint density at radius 2 is 1.69 bits per heavy atom. The molecule has 0 spiro atoms. The van der Waals surface area contributed by atoms with Crippen LogP contribution in [-0.4, -0.2) is 108 Å². The number of nitrogens with zero attached hydrogens (tertiary/aromatic N) is 4. The first-order chi connectivity index (χ1) is 25.6. The quantitative estimate of drug-likeness (QED) is 0.0500. The van der Waals surface area contributed by atoms with Crippen LogP contribution in [0.3, 0.4) is 0 Å². The van der Waals surface area contributed by atoms with Crippen LogP contribution >= 0.6 is 35.2 Å². The smallest absolute Gasteiger partial charge is 0.274 e. The van der Waals surface area contributed by atoms with Gasteiger partial charge in [0.05, 0.1) is 19.5 Å². The monoisotopic (exact) mass is 916 g/mol. The predicted octanol–water partition coefficient (Wildman–Crippen LogP) is -0.522. The average Bonchev–Trinajstić information content (AvgIpc) is 3.64. The van der Waals surface area contributed by atoms with Crippen molar-refractivity contribution in [1.82, 2.24) is 48.6 Å². The number of nitrogen functional groups attached to an aromatic ring is 1. The summed E-state index contributed by atoms with van der Waals surface area (Å²) in [4.78, 5) is 93.7. The zero-order chi connectivity index (χ0) is 41.2. The van der Waals surface area contributed by atoms with Crippen molar-refractivity contribution in [2.24, 2.45) is 5.41 Å². The maximum Gasteiger partial charge on any atom is 0.274 e. The molecule has 2 amide bonds. The summed E-state index contributed by atoms with van der Waals surface area (Å²) < 4.78 is 60.8. The molecule has 31 heteroatoms. The van der Waals surface area contributed by atoms with E-state index in [0.29, 0.717) is 12.2 Å². The summed E-state index contributed by atoms with van der Waals surface area (Å²) in [6, 6.07) is 0. The molecule has 0 aliphatic carbocycles. The number of nitrogens with one attached hydrogen (secondary N) is 2. The third-order valence-electron chi connectivity index (χ3n) is 7.73. The lowest BCUT2D eigenvalue weighted by Crippen LogP contribution is -2.46. The lowest BCUT2D eigenvalue weighted by atomic mass is 9.87. The van der Waals surface area contributed by atoms with Crippen molar-refractivity contribution in [1.29, 1.82) is 0 Å². The third-order valence-corrected chi connectivity index (χ3v) is 11.7. The SMILES string of the molecule is CCCCCC(=O)SCCNC(=O)CCNC(=O)C(O)C(C)(C)COP(=O)([O-])OP(=O)([O-])OCC1OC(n2cnc3c(N)ncnc32)C(O)C1OP(=O)([O-])O.[NH4+].[NH4+].[NH4+]. The molecule has 8 unspecified atom stereocenters. The van der Waals surface area contributed by atoms with E-state index < -0.39 is 84.6 Å². The zero-order valence-corrected chi connectivity index (χ0v) is 36.3. The minimum atomic E-state index is -5.89. The van der Waals surface area contributed by atoms with E-state index in [1.54, 1.807) is 0 Å². The largest absolute Gasteiger partial charge is 0.756 e. The number of imidazole rings is 1. The number of carbonyl (C=O) groups excluding carboxylic acids is 3. The van der Waals surface area contributed by atoms with Gasteiger partial charge in [-0.15, -0.1) is 0 Å². The number of amides is 2. The molecule has 0 radical (unpaired) electrons. The Kier molecular flexibility index (Phi) is 23.0. The summed E-state index contributed by atoms with van der Waals surface area (Å²) in [5.74, 6) is -1.13. The molecule has 3 heterocycles. The highest BCUT2D eigenvalue weighted by Gasteiger charge is 2.48. The second-order valence-corrected chi connectivity index (χ2v) is 17.9.